The van der Waals surface area contributed by atoms with Crippen LogP contribution in [0.25, 0.3) is 0 Å². The van der Waals surface area contributed by atoms with Crippen molar-refractivity contribution in [3.8, 4) is 0 Å². The van der Waals surface area contributed by atoms with Crippen LogP contribution >= 0.6 is 0 Å². The van der Waals surface area contributed by atoms with Crippen LogP contribution in [0, 0.1) is 18.8 Å². The molecular weight excluding hydrogens is 228 g/mol. The second-order valence-corrected chi connectivity index (χ2v) is 5.28. The Labute approximate surface area is 109 Å². The Morgan fingerprint density at radius 2 is 2.22 bits per heavy atom. The van der Waals surface area contributed by atoms with Gasteiger partial charge in [-0.2, -0.15) is 5.10 Å². The zero-order chi connectivity index (χ0) is 13.7. The van der Waals surface area contributed by atoms with Gasteiger partial charge in [0.2, 0.25) is 5.91 Å². The average molecular weight is 252 g/mol. The summed E-state index contributed by atoms with van der Waals surface area (Å²) < 4.78 is 1.67. The van der Waals surface area contributed by atoms with E-state index in [0.717, 1.165) is 17.9 Å². The van der Waals surface area contributed by atoms with E-state index in [1.165, 1.54) is 0 Å². The van der Waals surface area contributed by atoms with Crippen molar-refractivity contribution in [3.05, 3.63) is 11.8 Å². The van der Waals surface area contributed by atoms with Gasteiger partial charge in [-0.1, -0.05) is 13.8 Å². The summed E-state index contributed by atoms with van der Waals surface area (Å²) in [5.74, 6) is 1.55. The summed E-state index contributed by atoms with van der Waals surface area (Å²) in [5.41, 5.74) is 6.59. The van der Waals surface area contributed by atoms with E-state index in [0.29, 0.717) is 18.9 Å². The van der Waals surface area contributed by atoms with Crippen LogP contribution in [0.2, 0.25) is 0 Å². The van der Waals surface area contributed by atoms with Gasteiger partial charge < -0.3 is 11.1 Å². The maximum atomic E-state index is 11.9. The first-order chi connectivity index (χ1) is 8.42. The molecule has 0 aliphatic carbocycles. The minimum Gasteiger partial charge on any atom is -0.330 e. The van der Waals surface area contributed by atoms with Gasteiger partial charge in [0.15, 0.2) is 0 Å². The van der Waals surface area contributed by atoms with Gasteiger partial charge in [-0.3, -0.25) is 9.48 Å². The summed E-state index contributed by atoms with van der Waals surface area (Å²) in [6.45, 7) is 6.74. The predicted octanol–water partition coefficient (Wildman–Crippen LogP) is 1.68. The molecule has 0 saturated carbocycles. The Balaban J connectivity index is 2.52. The Bertz CT molecular complexity index is 398. The lowest BCUT2D eigenvalue weighted by Crippen LogP contribution is -2.24. The highest BCUT2D eigenvalue weighted by atomic mass is 16.1. The minimum atomic E-state index is 0.00843. The van der Waals surface area contributed by atoms with Gasteiger partial charge in [0.05, 0.1) is 5.69 Å². The van der Waals surface area contributed by atoms with Crippen molar-refractivity contribution < 1.29 is 4.79 Å². The smallest absolute Gasteiger partial charge is 0.225 e. The first kappa shape index (κ1) is 14.7. The van der Waals surface area contributed by atoms with Crippen molar-refractivity contribution in [1.29, 1.82) is 0 Å². The van der Waals surface area contributed by atoms with Crippen LogP contribution in [0.5, 0.6) is 0 Å². The predicted molar refractivity (Wildman–Crippen MR) is 73.2 cm³/mol. The summed E-state index contributed by atoms with van der Waals surface area (Å²) >= 11 is 0. The van der Waals surface area contributed by atoms with Crippen LogP contribution in [-0.2, 0) is 11.8 Å². The van der Waals surface area contributed by atoms with E-state index < -0.39 is 0 Å². The number of hydrogen-bond acceptors (Lipinski definition) is 3. The number of nitrogens with two attached hydrogens (primary N) is 1. The van der Waals surface area contributed by atoms with Crippen LogP contribution in [0.3, 0.4) is 0 Å². The number of amides is 1. The number of nitrogens with one attached hydrogen (secondary N) is 1. The number of anilines is 1. The topological polar surface area (TPSA) is 72.9 Å². The quantitative estimate of drug-likeness (QED) is 0.809. The lowest BCUT2D eigenvalue weighted by molar-refractivity contribution is -0.117. The van der Waals surface area contributed by atoms with Gasteiger partial charge in [-0.25, -0.2) is 0 Å². The standard InChI is InChI=1S/C13H24N4O/c1-9(2)5-11(8-14)7-13(18)15-12-6-10(3)16-17(12)4/h6,9,11H,5,7-8,14H2,1-4H3,(H,15,18). The zero-order valence-corrected chi connectivity index (χ0v) is 11.7. The van der Waals surface area contributed by atoms with E-state index in [4.69, 9.17) is 5.73 Å². The first-order valence-electron chi connectivity index (χ1n) is 6.43. The van der Waals surface area contributed by atoms with E-state index in [2.05, 4.69) is 24.3 Å². The monoisotopic (exact) mass is 252 g/mol. The number of rotatable bonds is 6. The Morgan fingerprint density at radius 1 is 1.56 bits per heavy atom. The second-order valence-electron chi connectivity index (χ2n) is 5.28. The lowest BCUT2D eigenvalue weighted by Gasteiger charge is -2.16. The van der Waals surface area contributed by atoms with Gasteiger partial charge in [0, 0.05) is 19.5 Å². The number of hydrogen-bond donors (Lipinski definition) is 2. The van der Waals surface area contributed by atoms with Crippen molar-refractivity contribution in [2.75, 3.05) is 11.9 Å². The number of aryl methyl sites for hydroxylation is 2. The van der Waals surface area contributed by atoms with Crippen LogP contribution in [0.1, 0.15) is 32.4 Å². The fraction of sp³-hybridized carbons (Fsp3) is 0.692. The molecule has 3 N–H and O–H groups in total. The molecule has 5 nitrogen and oxygen atoms in total. The fourth-order valence-electron chi connectivity index (χ4n) is 2.11. The number of carbonyl (C=O) groups is 1. The number of carbonyl (C=O) groups excluding carboxylic acids is 1. The van der Waals surface area contributed by atoms with Gasteiger partial charge in [0.25, 0.3) is 0 Å². The van der Waals surface area contributed by atoms with Crippen LogP contribution in [-0.4, -0.2) is 22.2 Å². The lowest BCUT2D eigenvalue weighted by atomic mass is 9.94. The third-order valence-corrected chi connectivity index (χ3v) is 2.88. The van der Waals surface area contributed by atoms with Gasteiger partial charge in [0.1, 0.15) is 5.82 Å². The molecule has 1 rings (SSSR count). The van der Waals surface area contributed by atoms with E-state index in [1.807, 2.05) is 20.0 Å². The first-order valence-corrected chi connectivity index (χ1v) is 6.43. The largest absolute Gasteiger partial charge is 0.330 e. The summed E-state index contributed by atoms with van der Waals surface area (Å²) in [6, 6.07) is 1.86. The molecule has 0 bridgehead atoms. The molecule has 102 valence electrons. The molecule has 18 heavy (non-hydrogen) atoms. The highest BCUT2D eigenvalue weighted by Crippen LogP contribution is 2.16. The molecule has 1 aromatic heterocycles. The molecule has 0 aliphatic rings. The highest BCUT2D eigenvalue weighted by molar-refractivity contribution is 5.90. The Morgan fingerprint density at radius 3 is 2.67 bits per heavy atom. The van der Waals surface area contributed by atoms with Crippen molar-refractivity contribution >= 4 is 11.7 Å². The summed E-state index contributed by atoms with van der Waals surface area (Å²) in [6.07, 6.45) is 1.45. The molecule has 0 aliphatic heterocycles. The molecule has 1 heterocycles. The SMILES string of the molecule is Cc1cc(NC(=O)CC(CN)CC(C)C)n(C)n1. The summed E-state index contributed by atoms with van der Waals surface area (Å²) in [4.78, 5) is 11.9. The molecule has 0 spiro atoms. The van der Waals surface area contributed by atoms with Gasteiger partial charge >= 0.3 is 0 Å². The molecule has 1 aromatic rings. The number of nitrogens with zero attached hydrogens (tertiary/aromatic N) is 2. The maximum absolute atomic E-state index is 11.9. The van der Waals surface area contributed by atoms with Crippen molar-refractivity contribution in [2.24, 2.45) is 24.6 Å². The van der Waals surface area contributed by atoms with Crippen LogP contribution in [0.4, 0.5) is 5.82 Å². The third kappa shape index (κ3) is 4.49. The summed E-state index contributed by atoms with van der Waals surface area (Å²) in [7, 11) is 1.82. The molecule has 1 unspecified atom stereocenters. The molecular formula is C13H24N4O. The second kappa shape index (κ2) is 6.54. The minimum absolute atomic E-state index is 0.00843. The van der Waals surface area contributed by atoms with E-state index in [-0.39, 0.29) is 11.8 Å². The molecule has 0 radical (unpaired) electrons. The van der Waals surface area contributed by atoms with E-state index >= 15 is 0 Å². The summed E-state index contributed by atoms with van der Waals surface area (Å²) in [5, 5.41) is 7.06. The van der Waals surface area contributed by atoms with Crippen LogP contribution in [0.15, 0.2) is 6.07 Å². The number of aromatic nitrogens is 2. The molecule has 0 fully saturated rings. The molecule has 1 atom stereocenters. The highest BCUT2D eigenvalue weighted by Gasteiger charge is 2.15. The van der Waals surface area contributed by atoms with Gasteiger partial charge in [-0.05, 0) is 31.7 Å². The van der Waals surface area contributed by atoms with Crippen molar-refractivity contribution in [2.45, 2.75) is 33.6 Å². The van der Waals surface area contributed by atoms with E-state index in [1.54, 1.807) is 4.68 Å². The Hall–Kier alpha value is -1.36. The zero-order valence-electron chi connectivity index (χ0n) is 11.7. The Kier molecular flexibility index (Phi) is 5.34. The normalized spacial score (nSPS) is 12.8. The average Bonchev–Trinajstić information content (AvgIpc) is 2.55. The van der Waals surface area contributed by atoms with Crippen molar-refractivity contribution in [1.82, 2.24) is 9.78 Å². The van der Waals surface area contributed by atoms with Crippen LogP contribution < -0.4 is 11.1 Å². The fourth-order valence-corrected chi connectivity index (χ4v) is 2.11. The molecule has 0 saturated heterocycles. The van der Waals surface area contributed by atoms with Crippen molar-refractivity contribution in [3.63, 3.8) is 0 Å². The van der Waals surface area contributed by atoms with E-state index in [9.17, 15) is 4.79 Å². The van der Waals surface area contributed by atoms with Gasteiger partial charge in [-0.15, -0.1) is 0 Å². The maximum Gasteiger partial charge on any atom is 0.225 e. The molecule has 5 heteroatoms. The molecule has 1 amide bonds. The third-order valence-electron chi connectivity index (χ3n) is 2.88. The molecule has 0 aromatic carbocycles.